The van der Waals surface area contributed by atoms with E-state index in [-0.39, 0.29) is 0 Å². The molecule has 1 N–H and O–H groups in total. The maximum Gasteiger partial charge on any atom is 0.162 e. The summed E-state index contributed by atoms with van der Waals surface area (Å²) in [5.41, 5.74) is 5.07. The van der Waals surface area contributed by atoms with Crippen molar-refractivity contribution in [3.05, 3.63) is 53.1 Å². The summed E-state index contributed by atoms with van der Waals surface area (Å²) < 4.78 is 5.40. The molecule has 0 saturated carbocycles. The van der Waals surface area contributed by atoms with Crippen molar-refractivity contribution in [2.75, 3.05) is 6.54 Å². The van der Waals surface area contributed by atoms with Gasteiger partial charge in [-0.25, -0.2) is 4.98 Å². The number of aromatic nitrogens is 1. The van der Waals surface area contributed by atoms with Crippen LogP contribution in [0.2, 0.25) is 0 Å². The fourth-order valence-corrected chi connectivity index (χ4v) is 3.35. The highest BCUT2D eigenvalue weighted by atomic mass is 32.1. The summed E-state index contributed by atoms with van der Waals surface area (Å²) in [5, 5.41) is 6.43. The fraction of sp³-hybridized carbons (Fsp3) is 0.188. The van der Waals surface area contributed by atoms with Gasteiger partial charge in [-0.2, -0.15) is 0 Å². The highest BCUT2D eigenvalue weighted by Crippen LogP contribution is 2.30. The quantitative estimate of drug-likeness (QED) is 0.778. The van der Waals surface area contributed by atoms with E-state index in [9.17, 15) is 0 Å². The molecular formula is C16H14N2OS. The van der Waals surface area contributed by atoms with Gasteiger partial charge < -0.3 is 9.73 Å². The average Bonchev–Trinajstić information content (AvgIpc) is 3.17. The highest BCUT2D eigenvalue weighted by molar-refractivity contribution is 7.13. The molecule has 2 aromatic heterocycles. The first-order chi connectivity index (χ1) is 9.90. The van der Waals surface area contributed by atoms with Gasteiger partial charge in [0.2, 0.25) is 0 Å². The summed E-state index contributed by atoms with van der Waals surface area (Å²) in [4.78, 5) is 4.68. The molecule has 3 aromatic rings. The van der Waals surface area contributed by atoms with Crippen LogP contribution in [0, 0.1) is 0 Å². The Kier molecular flexibility index (Phi) is 2.90. The van der Waals surface area contributed by atoms with E-state index >= 15 is 0 Å². The fourth-order valence-electron chi connectivity index (χ4n) is 2.56. The van der Waals surface area contributed by atoms with Crippen LogP contribution in [0.15, 0.2) is 46.4 Å². The number of thiazole rings is 1. The highest BCUT2D eigenvalue weighted by Gasteiger charge is 2.12. The van der Waals surface area contributed by atoms with E-state index in [0.717, 1.165) is 36.0 Å². The van der Waals surface area contributed by atoms with Gasteiger partial charge >= 0.3 is 0 Å². The largest absolute Gasteiger partial charge is 0.462 e. The van der Waals surface area contributed by atoms with Crippen molar-refractivity contribution in [1.82, 2.24) is 10.3 Å². The van der Waals surface area contributed by atoms with Gasteiger partial charge in [0.1, 0.15) is 0 Å². The van der Waals surface area contributed by atoms with Crippen LogP contribution in [0.4, 0.5) is 0 Å². The Morgan fingerprint density at radius 1 is 1.20 bits per heavy atom. The normalized spacial score (nSPS) is 14.2. The number of hydrogen-bond donors (Lipinski definition) is 1. The molecule has 3 nitrogen and oxygen atoms in total. The van der Waals surface area contributed by atoms with Crippen LogP contribution in [0.25, 0.3) is 22.0 Å². The first-order valence-electron chi connectivity index (χ1n) is 6.72. The molecule has 100 valence electrons. The maximum atomic E-state index is 5.40. The van der Waals surface area contributed by atoms with Gasteiger partial charge in [-0.05, 0) is 42.3 Å². The van der Waals surface area contributed by atoms with E-state index in [1.807, 2.05) is 12.1 Å². The van der Waals surface area contributed by atoms with Crippen molar-refractivity contribution in [1.29, 1.82) is 0 Å². The molecule has 1 aromatic carbocycles. The number of rotatable bonds is 2. The lowest BCUT2D eigenvalue weighted by molar-refractivity contribution is 0.582. The Balaban J connectivity index is 1.71. The summed E-state index contributed by atoms with van der Waals surface area (Å²) in [5.74, 6) is 0.836. The molecule has 0 saturated heterocycles. The molecule has 4 heteroatoms. The van der Waals surface area contributed by atoms with Crippen molar-refractivity contribution in [2.45, 2.75) is 13.0 Å². The van der Waals surface area contributed by atoms with Gasteiger partial charge in [0.25, 0.3) is 0 Å². The van der Waals surface area contributed by atoms with Crippen molar-refractivity contribution in [3.8, 4) is 22.0 Å². The van der Waals surface area contributed by atoms with Gasteiger partial charge in [-0.1, -0.05) is 12.1 Å². The zero-order chi connectivity index (χ0) is 13.4. The number of hydrogen-bond acceptors (Lipinski definition) is 4. The lowest BCUT2D eigenvalue weighted by Gasteiger charge is -2.17. The van der Waals surface area contributed by atoms with Crippen molar-refractivity contribution < 1.29 is 4.42 Å². The molecule has 0 unspecified atom stereocenters. The van der Waals surface area contributed by atoms with Crippen LogP contribution >= 0.6 is 11.3 Å². The average molecular weight is 282 g/mol. The Morgan fingerprint density at radius 3 is 3.10 bits per heavy atom. The second-order valence-electron chi connectivity index (χ2n) is 4.93. The van der Waals surface area contributed by atoms with Crippen molar-refractivity contribution in [2.24, 2.45) is 0 Å². The van der Waals surface area contributed by atoms with Crippen LogP contribution in [-0.2, 0) is 13.0 Å². The summed E-state index contributed by atoms with van der Waals surface area (Å²) in [6, 6.07) is 10.5. The number of furan rings is 1. The Bertz CT molecular complexity index is 731. The van der Waals surface area contributed by atoms with E-state index in [4.69, 9.17) is 4.42 Å². The molecule has 0 fully saturated rings. The van der Waals surface area contributed by atoms with Crippen molar-refractivity contribution in [3.63, 3.8) is 0 Å². The molecule has 0 bridgehead atoms. The predicted molar refractivity (Wildman–Crippen MR) is 80.7 cm³/mol. The third kappa shape index (κ3) is 2.07. The molecule has 0 amide bonds. The lowest BCUT2D eigenvalue weighted by Crippen LogP contribution is -2.23. The molecule has 0 atom stereocenters. The summed E-state index contributed by atoms with van der Waals surface area (Å²) in [6.45, 7) is 2.04. The minimum absolute atomic E-state index is 0.836. The van der Waals surface area contributed by atoms with Crippen LogP contribution < -0.4 is 5.32 Å². The molecule has 1 aliphatic heterocycles. The lowest BCUT2D eigenvalue weighted by atomic mass is 9.98. The second-order valence-corrected chi connectivity index (χ2v) is 5.78. The molecule has 0 aliphatic carbocycles. The molecule has 3 heterocycles. The predicted octanol–water partition coefficient (Wildman–Crippen LogP) is 3.72. The Hall–Kier alpha value is -1.91. The number of fused-ring (bicyclic) bond motifs is 1. The minimum Gasteiger partial charge on any atom is -0.462 e. The summed E-state index contributed by atoms with van der Waals surface area (Å²) >= 11 is 1.62. The van der Waals surface area contributed by atoms with Crippen molar-refractivity contribution >= 4 is 11.3 Å². The molecule has 20 heavy (non-hydrogen) atoms. The number of nitrogens with one attached hydrogen (secondary N) is 1. The second kappa shape index (κ2) is 4.89. The molecule has 0 radical (unpaired) electrons. The molecule has 1 aliphatic rings. The topological polar surface area (TPSA) is 38.1 Å². The zero-order valence-corrected chi connectivity index (χ0v) is 11.7. The Labute approximate surface area is 121 Å². The van der Waals surface area contributed by atoms with Gasteiger partial charge in [0, 0.05) is 17.5 Å². The van der Waals surface area contributed by atoms with Gasteiger partial charge in [-0.15, -0.1) is 11.3 Å². The van der Waals surface area contributed by atoms with E-state index < -0.39 is 0 Å². The van der Waals surface area contributed by atoms with Crippen LogP contribution in [-0.4, -0.2) is 11.5 Å². The first-order valence-corrected chi connectivity index (χ1v) is 7.60. The minimum atomic E-state index is 0.836. The van der Waals surface area contributed by atoms with E-state index in [0.29, 0.717) is 0 Å². The summed E-state index contributed by atoms with van der Waals surface area (Å²) in [6.07, 6.45) is 2.78. The molecular weight excluding hydrogens is 268 g/mol. The van der Waals surface area contributed by atoms with Gasteiger partial charge in [-0.3, -0.25) is 0 Å². The van der Waals surface area contributed by atoms with Gasteiger partial charge in [0.15, 0.2) is 10.8 Å². The van der Waals surface area contributed by atoms with E-state index in [1.165, 1.54) is 16.7 Å². The van der Waals surface area contributed by atoms with E-state index in [1.54, 1.807) is 17.6 Å². The SMILES string of the molecule is c1coc(-c2nc(-c3ccc4c(c3)CCNC4)cs2)c1. The third-order valence-electron chi connectivity index (χ3n) is 3.62. The van der Waals surface area contributed by atoms with Crippen LogP contribution in [0.3, 0.4) is 0 Å². The van der Waals surface area contributed by atoms with E-state index in [2.05, 4.69) is 33.9 Å². The van der Waals surface area contributed by atoms with Gasteiger partial charge in [0.05, 0.1) is 12.0 Å². The van der Waals surface area contributed by atoms with Crippen LogP contribution in [0.5, 0.6) is 0 Å². The monoisotopic (exact) mass is 282 g/mol. The molecule has 4 rings (SSSR count). The smallest absolute Gasteiger partial charge is 0.162 e. The Morgan fingerprint density at radius 2 is 2.20 bits per heavy atom. The number of nitrogens with zero attached hydrogens (tertiary/aromatic N) is 1. The summed E-state index contributed by atoms with van der Waals surface area (Å²) in [7, 11) is 0. The maximum absolute atomic E-state index is 5.40. The standard InChI is InChI=1S/C16H14N2OS/c1-2-15(19-7-1)16-18-14(10-20-16)12-3-4-13-9-17-6-5-11(13)8-12/h1-4,7-8,10,17H,5-6,9H2. The molecule has 0 spiro atoms. The third-order valence-corrected chi connectivity index (χ3v) is 4.48. The first kappa shape index (κ1) is 11.9. The zero-order valence-electron chi connectivity index (χ0n) is 10.9. The van der Waals surface area contributed by atoms with Crippen LogP contribution in [0.1, 0.15) is 11.1 Å². The number of benzene rings is 1.